The summed E-state index contributed by atoms with van der Waals surface area (Å²) in [4.78, 5) is 8.44. The van der Waals surface area contributed by atoms with E-state index in [-0.39, 0.29) is 30.0 Å². The lowest BCUT2D eigenvalue weighted by molar-refractivity contribution is -0.146. The Balaban J connectivity index is 1.59. The number of hydrogen-bond acceptors (Lipinski definition) is 5. The summed E-state index contributed by atoms with van der Waals surface area (Å²) < 4.78 is 76.8. The molecule has 4 aromatic rings. The maximum atomic E-state index is 13.7. The summed E-state index contributed by atoms with van der Waals surface area (Å²) in [7, 11) is -3.73. The molecule has 0 radical (unpaired) electrons. The van der Waals surface area contributed by atoms with Gasteiger partial charge in [0.1, 0.15) is 5.82 Å². The van der Waals surface area contributed by atoms with Gasteiger partial charge in [0.2, 0.25) is 15.8 Å². The number of halogens is 3. The molecule has 0 spiro atoms. The lowest BCUT2D eigenvalue weighted by Gasteiger charge is -2.26. The van der Waals surface area contributed by atoms with Crippen molar-refractivity contribution < 1.29 is 26.3 Å². The third-order valence-electron chi connectivity index (χ3n) is 5.93. The highest BCUT2D eigenvalue weighted by Crippen LogP contribution is 2.32. The number of morpholine rings is 1. The Labute approximate surface area is 193 Å². The first-order valence-electron chi connectivity index (χ1n) is 10.8. The number of aryl methyl sites for hydroxylation is 1. The van der Waals surface area contributed by atoms with Gasteiger partial charge in [-0.25, -0.2) is 18.4 Å². The average Bonchev–Trinajstić information content (AvgIpc) is 3.37. The van der Waals surface area contributed by atoms with E-state index in [2.05, 4.69) is 9.97 Å². The standard InChI is InChI=1S/C22H22F3N5O3S/c1-2-29-19-8-7-15(34(31,32)28-9-11-33-12-10-28)13-17(19)26-20(29)14-30-18-6-4-3-5-16(18)27-21(30)22(23,24)25/h3-8,13H,2,9-12,14H2,1H3. The highest BCUT2D eigenvalue weighted by atomic mass is 32.2. The van der Waals surface area contributed by atoms with Gasteiger partial charge >= 0.3 is 6.18 Å². The van der Waals surface area contributed by atoms with Gasteiger partial charge in [0, 0.05) is 19.6 Å². The first-order chi connectivity index (χ1) is 16.2. The predicted octanol–water partition coefficient (Wildman–Crippen LogP) is 3.49. The van der Waals surface area contributed by atoms with Crippen LogP contribution in [0.4, 0.5) is 13.2 Å². The summed E-state index contributed by atoms with van der Waals surface area (Å²) in [5.74, 6) is -0.619. The van der Waals surface area contributed by atoms with Crippen molar-refractivity contribution in [2.24, 2.45) is 0 Å². The van der Waals surface area contributed by atoms with Crippen LogP contribution >= 0.6 is 0 Å². The van der Waals surface area contributed by atoms with Crippen LogP contribution in [-0.2, 0) is 34.0 Å². The van der Waals surface area contributed by atoms with Crippen molar-refractivity contribution in [3.63, 3.8) is 0 Å². The normalized spacial score (nSPS) is 16.0. The van der Waals surface area contributed by atoms with Crippen molar-refractivity contribution in [1.82, 2.24) is 23.4 Å². The zero-order chi connectivity index (χ0) is 24.1. The fourth-order valence-electron chi connectivity index (χ4n) is 4.32. The summed E-state index contributed by atoms with van der Waals surface area (Å²) in [6, 6.07) is 11.1. The number of ether oxygens (including phenoxy) is 1. The lowest BCUT2D eigenvalue weighted by Crippen LogP contribution is -2.40. The minimum atomic E-state index is -4.64. The molecule has 0 saturated carbocycles. The van der Waals surface area contributed by atoms with E-state index >= 15 is 0 Å². The number of para-hydroxylation sites is 2. The van der Waals surface area contributed by atoms with E-state index in [0.29, 0.717) is 42.1 Å². The van der Waals surface area contributed by atoms with Crippen LogP contribution in [-0.4, -0.2) is 58.1 Å². The van der Waals surface area contributed by atoms with Gasteiger partial charge in [-0.1, -0.05) is 12.1 Å². The molecule has 0 atom stereocenters. The number of rotatable bonds is 5. The molecule has 1 aliphatic rings. The van der Waals surface area contributed by atoms with E-state index in [1.165, 1.54) is 22.5 Å². The third kappa shape index (κ3) is 3.85. The Bertz CT molecular complexity index is 1470. The van der Waals surface area contributed by atoms with E-state index in [1.807, 2.05) is 6.92 Å². The molecule has 2 aromatic heterocycles. The number of aromatic nitrogens is 4. The number of nitrogens with zero attached hydrogens (tertiary/aromatic N) is 5. The SMILES string of the molecule is CCn1c(Cn2c(C(F)(F)F)nc3ccccc32)nc2cc(S(=O)(=O)N3CCOCC3)ccc21. The molecule has 34 heavy (non-hydrogen) atoms. The third-order valence-corrected chi connectivity index (χ3v) is 7.83. The van der Waals surface area contributed by atoms with Crippen LogP contribution in [0.5, 0.6) is 0 Å². The van der Waals surface area contributed by atoms with Crippen LogP contribution in [0.15, 0.2) is 47.4 Å². The molecule has 0 unspecified atom stereocenters. The number of imidazole rings is 2. The van der Waals surface area contributed by atoms with Gasteiger partial charge in [0.25, 0.3) is 0 Å². The summed E-state index contributed by atoms with van der Waals surface area (Å²) in [6.45, 7) is 3.34. The molecule has 5 rings (SSSR count). The fraction of sp³-hybridized carbons (Fsp3) is 0.364. The maximum Gasteiger partial charge on any atom is 0.449 e. The highest BCUT2D eigenvalue weighted by Gasteiger charge is 2.38. The van der Waals surface area contributed by atoms with Gasteiger partial charge in [-0.2, -0.15) is 17.5 Å². The molecule has 1 aliphatic heterocycles. The van der Waals surface area contributed by atoms with Gasteiger partial charge in [-0.05, 0) is 37.3 Å². The van der Waals surface area contributed by atoms with Crippen molar-refractivity contribution >= 4 is 32.1 Å². The Kier molecular flexibility index (Phi) is 5.61. The smallest absolute Gasteiger partial charge is 0.379 e. The van der Waals surface area contributed by atoms with Crippen molar-refractivity contribution in [3.8, 4) is 0 Å². The molecule has 2 aromatic carbocycles. The Morgan fingerprint density at radius 2 is 1.68 bits per heavy atom. The summed E-state index contributed by atoms with van der Waals surface area (Å²) >= 11 is 0. The van der Waals surface area contributed by atoms with Gasteiger partial charge in [-0.3, -0.25) is 0 Å². The molecule has 3 heterocycles. The molecule has 0 N–H and O–H groups in total. The molecule has 0 amide bonds. The van der Waals surface area contributed by atoms with Gasteiger partial charge in [0.15, 0.2) is 0 Å². The van der Waals surface area contributed by atoms with Crippen LogP contribution in [0.3, 0.4) is 0 Å². The maximum absolute atomic E-state index is 13.7. The number of hydrogen-bond donors (Lipinski definition) is 0. The van der Waals surface area contributed by atoms with Crippen LogP contribution in [0.25, 0.3) is 22.1 Å². The molecule has 8 nitrogen and oxygen atoms in total. The lowest BCUT2D eigenvalue weighted by atomic mass is 10.3. The monoisotopic (exact) mass is 493 g/mol. The van der Waals surface area contributed by atoms with Crippen LogP contribution in [0.2, 0.25) is 0 Å². The summed E-state index contributed by atoms with van der Waals surface area (Å²) in [6.07, 6.45) is -4.64. The Hall–Kier alpha value is -2.96. The number of sulfonamides is 1. The van der Waals surface area contributed by atoms with Crippen molar-refractivity contribution in [1.29, 1.82) is 0 Å². The molecule has 180 valence electrons. The molecular formula is C22H22F3N5O3S. The molecule has 1 saturated heterocycles. The zero-order valence-corrected chi connectivity index (χ0v) is 19.1. The highest BCUT2D eigenvalue weighted by molar-refractivity contribution is 7.89. The van der Waals surface area contributed by atoms with Crippen LogP contribution in [0.1, 0.15) is 18.6 Å². The second-order valence-corrected chi connectivity index (χ2v) is 9.89. The quantitative estimate of drug-likeness (QED) is 0.425. The van der Waals surface area contributed by atoms with Crippen molar-refractivity contribution in [2.75, 3.05) is 26.3 Å². The molecule has 12 heteroatoms. The minimum absolute atomic E-state index is 0.0956. The van der Waals surface area contributed by atoms with Gasteiger partial charge in [0.05, 0.1) is 46.7 Å². The van der Waals surface area contributed by atoms with E-state index < -0.39 is 22.0 Å². The van der Waals surface area contributed by atoms with Crippen LogP contribution in [0, 0.1) is 0 Å². The van der Waals surface area contributed by atoms with Crippen LogP contribution < -0.4 is 0 Å². The van der Waals surface area contributed by atoms with E-state index in [1.54, 1.807) is 28.8 Å². The summed E-state index contributed by atoms with van der Waals surface area (Å²) in [5, 5.41) is 0. The van der Waals surface area contributed by atoms with Gasteiger partial charge in [-0.15, -0.1) is 0 Å². The van der Waals surface area contributed by atoms with E-state index in [0.717, 1.165) is 4.57 Å². The first kappa shape index (κ1) is 22.8. The second-order valence-electron chi connectivity index (χ2n) is 7.95. The first-order valence-corrected chi connectivity index (χ1v) is 12.2. The molecule has 0 bridgehead atoms. The zero-order valence-electron chi connectivity index (χ0n) is 18.3. The largest absolute Gasteiger partial charge is 0.449 e. The fourth-order valence-corrected chi connectivity index (χ4v) is 5.75. The number of benzene rings is 2. The van der Waals surface area contributed by atoms with Crippen molar-refractivity contribution in [2.45, 2.75) is 31.1 Å². The Morgan fingerprint density at radius 1 is 0.971 bits per heavy atom. The second kappa shape index (κ2) is 8.36. The van der Waals surface area contributed by atoms with Crippen molar-refractivity contribution in [3.05, 3.63) is 54.1 Å². The van der Waals surface area contributed by atoms with E-state index in [9.17, 15) is 21.6 Å². The van der Waals surface area contributed by atoms with Gasteiger partial charge < -0.3 is 13.9 Å². The molecule has 1 fully saturated rings. The predicted molar refractivity (Wildman–Crippen MR) is 119 cm³/mol. The topological polar surface area (TPSA) is 82.2 Å². The molecular weight excluding hydrogens is 471 g/mol. The number of fused-ring (bicyclic) bond motifs is 2. The summed E-state index contributed by atoms with van der Waals surface area (Å²) in [5.41, 5.74) is 1.65. The number of alkyl halides is 3. The van der Waals surface area contributed by atoms with E-state index in [4.69, 9.17) is 4.74 Å². The molecule has 0 aliphatic carbocycles. The Morgan fingerprint density at radius 3 is 2.38 bits per heavy atom. The minimum Gasteiger partial charge on any atom is -0.379 e. The average molecular weight is 494 g/mol.